The van der Waals surface area contributed by atoms with Crippen molar-refractivity contribution in [3.05, 3.63) is 51.7 Å². The first-order valence-corrected chi connectivity index (χ1v) is 9.11. The van der Waals surface area contributed by atoms with Crippen LogP contribution in [0.1, 0.15) is 40.2 Å². The molecule has 27 heavy (non-hydrogen) atoms. The molecule has 0 bridgehead atoms. The molecule has 1 atom stereocenters. The Bertz CT molecular complexity index is 861. The van der Waals surface area contributed by atoms with Crippen molar-refractivity contribution >= 4 is 34.1 Å². The first-order chi connectivity index (χ1) is 12.7. The fraction of sp³-hybridized carbons (Fsp3) is 0.316. The summed E-state index contributed by atoms with van der Waals surface area (Å²) in [6.07, 6.45) is -1.03. The average molecular weight is 392 g/mol. The number of esters is 1. The molecule has 0 saturated heterocycles. The third-order valence-corrected chi connectivity index (χ3v) is 5.03. The normalized spacial score (nSPS) is 11.6. The van der Waals surface area contributed by atoms with Crippen LogP contribution in [-0.2, 0) is 20.9 Å². The summed E-state index contributed by atoms with van der Waals surface area (Å²) in [7, 11) is 0. The van der Waals surface area contributed by atoms with E-state index in [9.17, 15) is 18.8 Å². The van der Waals surface area contributed by atoms with Crippen molar-refractivity contribution in [2.75, 3.05) is 5.32 Å². The number of amides is 2. The molecule has 1 unspecified atom stereocenters. The van der Waals surface area contributed by atoms with Crippen molar-refractivity contribution in [3.63, 3.8) is 0 Å². The highest BCUT2D eigenvalue weighted by atomic mass is 32.1. The van der Waals surface area contributed by atoms with Gasteiger partial charge in [0.2, 0.25) is 5.91 Å². The predicted octanol–water partition coefficient (Wildman–Crippen LogP) is 3.32. The highest BCUT2D eigenvalue weighted by molar-refractivity contribution is 7.16. The number of halogens is 1. The van der Waals surface area contributed by atoms with Gasteiger partial charge in [-0.05, 0) is 44.0 Å². The van der Waals surface area contributed by atoms with Gasteiger partial charge in [-0.15, -0.1) is 11.3 Å². The Morgan fingerprint density at radius 2 is 1.81 bits per heavy atom. The first-order valence-electron chi connectivity index (χ1n) is 8.29. The van der Waals surface area contributed by atoms with E-state index < -0.39 is 18.0 Å². The molecule has 8 heteroatoms. The molecule has 0 saturated carbocycles. The summed E-state index contributed by atoms with van der Waals surface area (Å²) in [6, 6.07) is 5.72. The molecule has 2 rings (SSSR count). The van der Waals surface area contributed by atoms with E-state index >= 15 is 0 Å². The monoisotopic (exact) mass is 392 g/mol. The molecule has 1 aromatic heterocycles. The van der Waals surface area contributed by atoms with Crippen LogP contribution in [0, 0.1) is 19.7 Å². The van der Waals surface area contributed by atoms with Gasteiger partial charge < -0.3 is 15.4 Å². The van der Waals surface area contributed by atoms with Gasteiger partial charge in [-0.1, -0.05) is 12.1 Å². The molecule has 1 aromatic carbocycles. The molecule has 1 heterocycles. The van der Waals surface area contributed by atoms with E-state index in [1.807, 2.05) is 6.92 Å². The molecule has 0 aliphatic carbocycles. The number of hydrogen-bond acceptors (Lipinski definition) is 5. The maximum atomic E-state index is 12.9. The zero-order valence-electron chi connectivity index (χ0n) is 15.5. The van der Waals surface area contributed by atoms with Crippen molar-refractivity contribution in [3.8, 4) is 0 Å². The average Bonchev–Trinajstić information content (AvgIpc) is 2.87. The molecule has 0 spiro atoms. The van der Waals surface area contributed by atoms with E-state index in [0.29, 0.717) is 10.6 Å². The van der Waals surface area contributed by atoms with Gasteiger partial charge in [0.25, 0.3) is 5.91 Å². The van der Waals surface area contributed by atoms with Gasteiger partial charge in [0, 0.05) is 18.3 Å². The number of ether oxygens (including phenoxy) is 1. The number of hydrogen-bond donors (Lipinski definition) is 2. The molecular weight excluding hydrogens is 371 g/mol. The van der Waals surface area contributed by atoms with Crippen LogP contribution < -0.4 is 10.6 Å². The van der Waals surface area contributed by atoms with E-state index in [1.165, 1.54) is 37.3 Å². The largest absolute Gasteiger partial charge is 0.449 e. The van der Waals surface area contributed by atoms with E-state index in [1.54, 1.807) is 19.1 Å². The van der Waals surface area contributed by atoms with Crippen molar-refractivity contribution < 1.29 is 23.5 Å². The Labute approximate surface area is 160 Å². The van der Waals surface area contributed by atoms with Crippen LogP contribution in [0.4, 0.5) is 9.39 Å². The number of carbonyl (C=O) groups excluding carboxylic acids is 3. The smallest absolute Gasteiger partial charge is 0.342 e. The molecule has 2 N–H and O–H groups in total. The third kappa shape index (κ3) is 5.37. The summed E-state index contributed by atoms with van der Waals surface area (Å²) in [5, 5.41) is 5.66. The van der Waals surface area contributed by atoms with Crippen molar-refractivity contribution in [2.24, 2.45) is 0 Å². The topological polar surface area (TPSA) is 84.5 Å². The van der Waals surface area contributed by atoms with Crippen molar-refractivity contribution in [1.82, 2.24) is 5.32 Å². The summed E-state index contributed by atoms with van der Waals surface area (Å²) < 4.78 is 18.2. The zero-order valence-corrected chi connectivity index (χ0v) is 16.3. The summed E-state index contributed by atoms with van der Waals surface area (Å²) >= 11 is 1.28. The number of aryl methyl sites for hydroxylation is 1. The fourth-order valence-corrected chi connectivity index (χ4v) is 3.42. The SMILES string of the molecule is CC(=O)Nc1sc(C)c(C)c1C(=O)OC(C)C(=O)NCc1ccc(F)cc1. The molecule has 144 valence electrons. The summed E-state index contributed by atoms with van der Waals surface area (Å²) in [5.41, 5.74) is 1.68. The molecule has 2 amide bonds. The lowest BCUT2D eigenvalue weighted by Gasteiger charge is -2.14. The number of thiophene rings is 1. The van der Waals surface area contributed by atoms with Gasteiger partial charge in [0.15, 0.2) is 6.10 Å². The number of rotatable bonds is 6. The molecule has 0 radical (unpaired) electrons. The van der Waals surface area contributed by atoms with Crippen molar-refractivity contribution in [1.29, 1.82) is 0 Å². The van der Waals surface area contributed by atoms with Gasteiger partial charge in [-0.2, -0.15) is 0 Å². The standard InChI is InChI=1S/C19H21FN2O4S/c1-10-12(3)27-18(22-13(4)23)16(10)19(25)26-11(2)17(24)21-9-14-5-7-15(20)8-6-14/h5-8,11H,9H2,1-4H3,(H,21,24)(H,22,23). The van der Waals surface area contributed by atoms with Crippen LogP contribution in [-0.4, -0.2) is 23.9 Å². The Morgan fingerprint density at radius 3 is 2.41 bits per heavy atom. The highest BCUT2D eigenvalue weighted by Crippen LogP contribution is 2.33. The molecule has 6 nitrogen and oxygen atoms in total. The van der Waals surface area contributed by atoms with Crippen LogP contribution in [0.5, 0.6) is 0 Å². The summed E-state index contributed by atoms with van der Waals surface area (Å²) in [4.78, 5) is 36.9. The predicted molar refractivity (Wildman–Crippen MR) is 101 cm³/mol. The second-order valence-corrected chi connectivity index (χ2v) is 7.29. The van der Waals surface area contributed by atoms with E-state index in [2.05, 4.69) is 10.6 Å². The molecule has 0 fully saturated rings. The Hall–Kier alpha value is -2.74. The number of anilines is 1. The van der Waals surface area contributed by atoms with Gasteiger partial charge in [0.05, 0.1) is 5.56 Å². The van der Waals surface area contributed by atoms with Crippen LogP contribution in [0.25, 0.3) is 0 Å². The Balaban J connectivity index is 2.01. The quantitative estimate of drug-likeness (QED) is 0.739. The lowest BCUT2D eigenvalue weighted by Crippen LogP contribution is -2.35. The summed E-state index contributed by atoms with van der Waals surface area (Å²) in [6.45, 7) is 6.60. The highest BCUT2D eigenvalue weighted by Gasteiger charge is 2.25. The lowest BCUT2D eigenvalue weighted by atomic mass is 10.1. The zero-order chi connectivity index (χ0) is 20.1. The van der Waals surface area contributed by atoms with Gasteiger partial charge >= 0.3 is 5.97 Å². The second-order valence-electron chi connectivity index (χ2n) is 6.06. The molecule has 2 aromatic rings. The maximum absolute atomic E-state index is 12.9. The Kier molecular flexibility index (Phi) is 6.68. The van der Waals surface area contributed by atoms with Crippen LogP contribution in [0.3, 0.4) is 0 Å². The summed E-state index contributed by atoms with van der Waals surface area (Å²) in [5.74, 6) is -1.80. The van der Waals surface area contributed by atoms with E-state index in [-0.39, 0.29) is 23.8 Å². The Morgan fingerprint density at radius 1 is 1.19 bits per heavy atom. The lowest BCUT2D eigenvalue weighted by molar-refractivity contribution is -0.129. The molecule has 0 aliphatic rings. The minimum atomic E-state index is -1.03. The van der Waals surface area contributed by atoms with Crippen molar-refractivity contribution in [2.45, 2.75) is 40.3 Å². The number of benzene rings is 1. The van der Waals surface area contributed by atoms with Crippen LogP contribution >= 0.6 is 11.3 Å². The minimum Gasteiger partial charge on any atom is -0.449 e. The van der Waals surface area contributed by atoms with Gasteiger partial charge in [-0.25, -0.2) is 9.18 Å². The van der Waals surface area contributed by atoms with E-state index in [0.717, 1.165) is 10.4 Å². The van der Waals surface area contributed by atoms with Gasteiger partial charge in [0.1, 0.15) is 10.8 Å². The second kappa shape index (κ2) is 8.77. The number of carbonyl (C=O) groups is 3. The first kappa shape index (κ1) is 20.6. The van der Waals surface area contributed by atoms with Gasteiger partial charge in [-0.3, -0.25) is 9.59 Å². The van der Waals surface area contributed by atoms with Crippen LogP contribution in [0.15, 0.2) is 24.3 Å². The maximum Gasteiger partial charge on any atom is 0.342 e. The number of nitrogens with one attached hydrogen (secondary N) is 2. The van der Waals surface area contributed by atoms with Crippen LogP contribution in [0.2, 0.25) is 0 Å². The fourth-order valence-electron chi connectivity index (χ4n) is 2.33. The molecule has 0 aliphatic heterocycles. The minimum absolute atomic E-state index is 0.189. The third-order valence-electron chi connectivity index (χ3n) is 3.91. The van der Waals surface area contributed by atoms with E-state index in [4.69, 9.17) is 4.74 Å². The molecular formula is C19H21FN2O4S.